The number of aliphatic hydroxyl groups is 2. The predicted octanol–water partition coefficient (Wildman–Crippen LogP) is 0.252. The Labute approximate surface area is 123 Å². The number of anilines is 2. The number of rotatable bonds is 4. The number of hydrogen-bond donors (Lipinski definition) is 5. The summed E-state index contributed by atoms with van der Waals surface area (Å²) in [5, 5.41) is 29.0. The van der Waals surface area contributed by atoms with Gasteiger partial charge in [-0.1, -0.05) is 0 Å². The summed E-state index contributed by atoms with van der Waals surface area (Å²) < 4.78 is 0. The molecule has 0 aromatic carbocycles. The molecule has 2 rings (SSSR count). The third-order valence-corrected chi connectivity index (χ3v) is 2.39. The van der Waals surface area contributed by atoms with E-state index >= 15 is 0 Å². The SMILES string of the molecule is CB(O)Nc1cc(CO)ccn1.Nc1cc(CO)ccn1. The second-order valence-electron chi connectivity index (χ2n) is 4.27. The molecular formula is C13H19BN4O3. The van der Waals surface area contributed by atoms with Crippen molar-refractivity contribution in [3.63, 3.8) is 0 Å². The van der Waals surface area contributed by atoms with Gasteiger partial charge in [-0.2, -0.15) is 0 Å². The number of hydrogen-bond acceptors (Lipinski definition) is 7. The van der Waals surface area contributed by atoms with Gasteiger partial charge in [-0.25, -0.2) is 9.97 Å². The van der Waals surface area contributed by atoms with Gasteiger partial charge in [0.25, 0.3) is 0 Å². The molecule has 8 heteroatoms. The highest BCUT2D eigenvalue weighted by molar-refractivity contribution is 6.52. The maximum atomic E-state index is 8.96. The fourth-order valence-electron chi connectivity index (χ4n) is 1.46. The quantitative estimate of drug-likeness (QED) is 0.511. The number of nitrogens with one attached hydrogen (secondary N) is 1. The lowest BCUT2D eigenvalue weighted by Gasteiger charge is -2.05. The highest BCUT2D eigenvalue weighted by Crippen LogP contribution is 2.06. The van der Waals surface area contributed by atoms with Crippen molar-refractivity contribution in [1.82, 2.24) is 9.97 Å². The summed E-state index contributed by atoms with van der Waals surface area (Å²) in [6.07, 6.45) is 3.15. The van der Waals surface area contributed by atoms with Crippen molar-refractivity contribution in [2.75, 3.05) is 11.0 Å². The van der Waals surface area contributed by atoms with Crippen molar-refractivity contribution in [2.45, 2.75) is 20.0 Å². The molecular weight excluding hydrogens is 271 g/mol. The van der Waals surface area contributed by atoms with Crippen LogP contribution in [0.5, 0.6) is 0 Å². The molecule has 0 saturated carbocycles. The van der Waals surface area contributed by atoms with E-state index in [1.807, 2.05) is 0 Å². The third kappa shape index (κ3) is 6.71. The van der Waals surface area contributed by atoms with E-state index < -0.39 is 7.05 Å². The summed E-state index contributed by atoms with van der Waals surface area (Å²) in [6.45, 7) is 1.61. The van der Waals surface area contributed by atoms with Crippen molar-refractivity contribution < 1.29 is 15.2 Å². The Morgan fingerprint density at radius 3 is 2.14 bits per heavy atom. The number of pyridine rings is 2. The molecule has 2 aromatic heterocycles. The maximum absolute atomic E-state index is 8.96. The molecule has 2 heterocycles. The Kier molecular flexibility index (Phi) is 7.17. The molecule has 0 aliphatic carbocycles. The minimum atomic E-state index is -0.633. The number of aromatic nitrogens is 2. The Morgan fingerprint density at radius 1 is 1.10 bits per heavy atom. The lowest BCUT2D eigenvalue weighted by atomic mass is 9.89. The van der Waals surface area contributed by atoms with Crippen LogP contribution in [0.2, 0.25) is 6.82 Å². The zero-order valence-corrected chi connectivity index (χ0v) is 11.8. The van der Waals surface area contributed by atoms with Crippen LogP contribution in [0.3, 0.4) is 0 Å². The zero-order chi connectivity index (χ0) is 15.7. The van der Waals surface area contributed by atoms with Gasteiger partial charge < -0.3 is 26.2 Å². The standard InChI is InChI=1S/C7H11BN2O2.C6H8N2O/c1-8(12)10-7-4-6(5-11)2-3-9-7;7-6-3-5(4-9)1-2-8-6/h2-4,11-12H,5H2,1H3,(H,9,10);1-3,9H,4H2,(H2,7,8). The lowest BCUT2D eigenvalue weighted by Crippen LogP contribution is -2.20. The first-order chi connectivity index (χ1) is 10.0. The lowest BCUT2D eigenvalue weighted by molar-refractivity contribution is 0.281. The van der Waals surface area contributed by atoms with Gasteiger partial charge in [0.15, 0.2) is 0 Å². The fourth-order valence-corrected chi connectivity index (χ4v) is 1.46. The molecule has 0 unspecified atom stereocenters. The minimum absolute atomic E-state index is 0.0169. The van der Waals surface area contributed by atoms with Crippen LogP contribution in [0.15, 0.2) is 36.7 Å². The molecule has 6 N–H and O–H groups in total. The molecule has 0 atom stereocenters. The van der Waals surface area contributed by atoms with E-state index in [0.717, 1.165) is 11.1 Å². The molecule has 0 aliphatic heterocycles. The van der Waals surface area contributed by atoms with E-state index in [2.05, 4.69) is 15.2 Å². The van der Waals surface area contributed by atoms with E-state index in [-0.39, 0.29) is 13.2 Å². The molecule has 0 bridgehead atoms. The van der Waals surface area contributed by atoms with Crippen molar-refractivity contribution >= 4 is 18.7 Å². The first-order valence-corrected chi connectivity index (χ1v) is 6.36. The zero-order valence-electron chi connectivity index (χ0n) is 11.8. The van der Waals surface area contributed by atoms with Crippen LogP contribution in [0, 0.1) is 0 Å². The maximum Gasteiger partial charge on any atom is 0.408 e. The molecule has 0 radical (unpaired) electrons. The smallest absolute Gasteiger partial charge is 0.408 e. The van der Waals surface area contributed by atoms with Crippen molar-refractivity contribution in [1.29, 1.82) is 0 Å². The van der Waals surface area contributed by atoms with Gasteiger partial charge in [-0.3, -0.25) is 0 Å². The van der Waals surface area contributed by atoms with Crippen LogP contribution < -0.4 is 11.0 Å². The van der Waals surface area contributed by atoms with E-state index in [4.69, 9.17) is 21.0 Å². The second-order valence-corrected chi connectivity index (χ2v) is 4.27. The van der Waals surface area contributed by atoms with Crippen LogP contribution in [0.25, 0.3) is 0 Å². The highest BCUT2D eigenvalue weighted by atomic mass is 16.3. The number of nitrogen functional groups attached to an aromatic ring is 1. The Morgan fingerprint density at radius 2 is 1.67 bits per heavy atom. The predicted molar refractivity (Wildman–Crippen MR) is 82.2 cm³/mol. The van der Waals surface area contributed by atoms with Crippen LogP contribution in [0.1, 0.15) is 11.1 Å². The molecule has 0 fully saturated rings. The number of aliphatic hydroxyl groups excluding tert-OH is 2. The van der Waals surface area contributed by atoms with Crippen LogP contribution in [0.4, 0.5) is 11.6 Å². The van der Waals surface area contributed by atoms with E-state index in [9.17, 15) is 0 Å². The summed E-state index contributed by atoms with van der Waals surface area (Å²) in [5.41, 5.74) is 6.88. The van der Waals surface area contributed by atoms with Gasteiger partial charge in [0.1, 0.15) is 11.6 Å². The highest BCUT2D eigenvalue weighted by Gasteiger charge is 2.03. The summed E-state index contributed by atoms with van der Waals surface area (Å²) in [6, 6.07) is 6.76. The first kappa shape index (κ1) is 16.9. The molecule has 112 valence electrons. The molecule has 0 amide bonds. The van der Waals surface area contributed by atoms with Crippen LogP contribution in [-0.4, -0.2) is 32.3 Å². The van der Waals surface area contributed by atoms with Crippen LogP contribution in [-0.2, 0) is 13.2 Å². The van der Waals surface area contributed by atoms with E-state index in [1.54, 1.807) is 43.5 Å². The summed E-state index contributed by atoms with van der Waals surface area (Å²) in [7, 11) is -0.633. The normalized spacial score (nSPS) is 9.52. The molecule has 7 nitrogen and oxygen atoms in total. The van der Waals surface area contributed by atoms with E-state index in [0.29, 0.717) is 11.6 Å². The average Bonchev–Trinajstić information content (AvgIpc) is 2.47. The molecule has 2 aromatic rings. The van der Waals surface area contributed by atoms with Crippen molar-refractivity contribution in [3.8, 4) is 0 Å². The van der Waals surface area contributed by atoms with Crippen molar-refractivity contribution in [3.05, 3.63) is 47.8 Å². The molecule has 21 heavy (non-hydrogen) atoms. The summed E-state index contributed by atoms with van der Waals surface area (Å²) in [5.74, 6) is 1.01. The molecule has 0 saturated heterocycles. The Balaban J connectivity index is 0.000000219. The Hall–Kier alpha value is -2.16. The molecule has 0 aliphatic rings. The van der Waals surface area contributed by atoms with Gasteiger partial charge >= 0.3 is 7.05 Å². The van der Waals surface area contributed by atoms with Gasteiger partial charge in [0.2, 0.25) is 0 Å². The molecule has 0 spiro atoms. The topological polar surface area (TPSA) is 125 Å². The van der Waals surface area contributed by atoms with Gasteiger partial charge in [0.05, 0.1) is 13.2 Å². The summed E-state index contributed by atoms with van der Waals surface area (Å²) >= 11 is 0. The van der Waals surface area contributed by atoms with Gasteiger partial charge in [-0.15, -0.1) is 0 Å². The summed E-state index contributed by atoms with van der Waals surface area (Å²) in [4.78, 5) is 7.70. The Bertz CT molecular complexity index is 554. The largest absolute Gasteiger partial charge is 0.433 e. The van der Waals surface area contributed by atoms with E-state index in [1.165, 1.54) is 0 Å². The fraction of sp³-hybridized carbons (Fsp3) is 0.231. The van der Waals surface area contributed by atoms with Gasteiger partial charge in [-0.05, 0) is 42.2 Å². The van der Waals surface area contributed by atoms with Crippen molar-refractivity contribution in [2.24, 2.45) is 0 Å². The van der Waals surface area contributed by atoms with Gasteiger partial charge in [0, 0.05) is 12.4 Å². The minimum Gasteiger partial charge on any atom is -0.433 e. The first-order valence-electron chi connectivity index (χ1n) is 6.36. The third-order valence-electron chi connectivity index (χ3n) is 2.39. The van der Waals surface area contributed by atoms with Crippen LogP contribution >= 0.6 is 0 Å². The number of nitrogens with zero attached hydrogens (tertiary/aromatic N) is 2. The number of nitrogens with two attached hydrogens (primary N) is 1. The second kappa shape index (κ2) is 8.91. The monoisotopic (exact) mass is 290 g/mol. The average molecular weight is 290 g/mol.